The summed E-state index contributed by atoms with van der Waals surface area (Å²) >= 11 is 1.52. The van der Waals surface area contributed by atoms with Crippen LogP contribution in [0.3, 0.4) is 0 Å². The third-order valence-electron chi connectivity index (χ3n) is 2.53. The van der Waals surface area contributed by atoms with Gasteiger partial charge in [-0.15, -0.1) is 11.3 Å². The Balaban J connectivity index is 2.59. The van der Waals surface area contributed by atoms with Crippen molar-refractivity contribution in [2.45, 2.75) is 20.8 Å². The molecule has 3 heteroatoms. The SMILES string of the molecule is CC(=O)c1ncsc1-c1ccc(C)cc1C. The van der Waals surface area contributed by atoms with Crippen LogP contribution in [0.4, 0.5) is 0 Å². The van der Waals surface area contributed by atoms with Crippen LogP contribution in [0.15, 0.2) is 23.7 Å². The molecule has 0 fully saturated rings. The minimum absolute atomic E-state index is 0.0243. The monoisotopic (exact) mass is 231 g/mol. The van der Waals surface area contributed by atoms with Crippen LogP contribution in [0, 0.1) is 13.8 Å². The van der Waals surface area contributed by atoms with E-state index in [2.05, 4.69) is 37.0 Å². The van der Waals surface area contributed by atoms with Crippen molar-refractivity contribution < 1.29 is 4.79 Å². The molecule has 1 aromatic heterocycles. The van der Waals surface area contributed by atoms with Gasteiger partial charge in [-0.1, -0.05) is 23.8 Å². The average Bonchev–Trinajstić information content (AvgIpc) is 2.66. The first-order chi connectivity index (χ1) is 7.59. The maximum absolute atomic E-state index is 11.4. The molecule has 0 N–H and O–H groups in total. The topological polar surface area (TPSA) is 30.0 Å². The lowest BCUT2D eigenvalue weighted by atomic mass is 10.0. The average molecular weight is 231 g/mol. The van der Waals surface area contributed by atoms with Gasteiger partial charge in [0.05, 0.1) is 10.4 Å². The van der Waals surface area contributed by atoms with Crippen molar-refractivity contribution in [2.24, 2.45) is 0 Å². The molecule has 0 saturated heterocycles. The third-order valence-corrected chi connectivity index (χ3v) is 3.39. The molecule has 0 spiro atoms. The molecule has 0 aliphatic heterocycles. The fourth-order valence-corrected chi connectivity index (χ4v) is 2.68. The number of rotatable bonds is 2. The smallest absolute Gasteiger partial charge is 0.179 e. The lowest BCUT2D eigenvalue weighted by Crippen LogP contribution is -1.95. The number of hydrogen-bond donors (Lipinski definition) is 0. The molecular weight excluding hydrogens is 218 g/mol. The van der Waals surface area contributed by atoms with Crippen molar-refractivity contribution in [2.75, 3.05) is 0 Å². The minimum Gasteiger partial charge on any atom is -0.293 e. The van der Waals surface area contributed by atoms with Crippen LogP contribution < -0.4 is 0 Å². The molecule has 2 aromatic rings. The molecular formula is C13H13NOS. The third kappa shape index (κ3) is 1.91. The summed E-state index contributed by atoms with van der Waals surface area (Å²) in [5.41, 5.74) is 5.84. The molecule has 0 saturated carbocycles. The van der Waals surface area contributed by atoms with Gasteiger partial charge in [0.1, 0.15) is 5.69 Å². The number of carbonyl (C=O) groups is 1. The van der Waals surface area contributed by atoms with Crippen LogP contribution in [-0.2, 0) is 0 Å². The van der Waals surface area contributed by atoms with Gasteiger partial charge in [0, 0.05) is 6.92 Å². The van der Waals surface area contributed by atoms with E-state index in [1.54, 1.807) is 12.4 Å². The van der Waals surface area contributed by atoms with E-state index >= 15 is 0 Å². The zero-order valence-electron chi connectivity index (χ0n) is 9.57. The van der Waals surface area contributed by atoms with Gasteiger partial charge >= 0.3 is 0 Å². The summed E-state index contributed by atoms with van der Waals surface area (Å²) in [5.74, 6) is 0.0243. The molecule has 0 bridgehead atoms. The van der Waals surface area contributed by atoms with Crippen molar-refractivity contribution in [3.8, 4) is 10.4 Å². The first kappa shape index (κ1) is 11.0. The summed E-state index contributed by atoms with van der Waals surface area (Å²) in [6, 6.07) is 6.25. The highest BCUT2D eigenvalue weighted by Gasteiger charge is 2.13. The van der Waals surface area contributed by atoms with Crippen LogP contribution in [0.1, 0.15) is 28.5 Å². The number of aromatic nitrogens is 1. The van der Waals surface area contributed by atoms with Crippen LogP contribution in [0.5, 0.6) is 0 Å². The number of nitrogens with zero attached hydrogens (tertiary/aromatic N) is 1. The van der Waals surface area contributed by atoms with E-state index in [-0.39, 0.29) is 5.78 Å². The van der Waals surface area contributed by atoms with Crippen molar-refractivity contribution >= 4 is 17.1 Å². The van der Waals surface area contributed by atoms with Crippen LogP contribution in [0.25, 0.3) is 10.4 Å². The Bertz CT molecular complexity index is 543. The maximum atomic E-state index is 11.4. The summed E-state index contributed by atoms with van der Waals surface area (Å²) in [5, 5.41) is 0. The maximum Gasteiger partial charge on any atom is 0.179 e. The molecule has 0 atom stereocenters. The molecule has 0 aliphatic carbocycles. The molecule has 16 heavy (non-hydrogen) atoms. The first-order valence-electron chi connectivity index (χ1n) is 5.11. The number of benzene rings is 1. The van der Waals surface area contributed by atoms with E-state index in [0.717, 1.165) is 10.4 Å². The van der Waals surface area contributed by atoms with Crippen molar-refractivity contribution in [3.63, 3.8) is 0 Å². The van der Waals surface area contributed by atoms with Crippen LogP contribution in [-0.4, -0.2) is 10.8 Å². The Morgan fingerprint density at radius 2 is 2.06 bits per heavy atom. The molecule has 1 heterocycles. The van der Waals surface area contributed by atoms with Gasteiger partial charge in [-0.05, 0) is 25.0 Å². The van der Waals surface area contributed by atoms with E-state index in [4.69, 9.17) is 0 Å². The number of Topliss-reactive ketones (excluding diaryl/α,β-unsaturated/α-hetero) is 1. The number of thiazole rings is 1. The lowest BCUT2D eigenvalue weighted by molar-refractivity contribution is 0.101. The fourth-order valence-electron chi connectivity index (χ4n) is 1.76. The number of hydrogen-bond acceptors (Lipinski definition) is 3. The van der Waals surface area contributed by atoms with Gasteiger partial charge < -0.3 is 0 Å². The molecule has 0 radical (unpaired) electrons. The minimum atomic E-state index is 0.0243. The Labute approximate surface area is 99.0 Å². The van der Waals surface area contributed by atoms with Gasteiger partial charge in [0.15, 0.2) is 5.78 Å². The second-order valence-electron chi connectivity index (χ2n) is 3.90. The summed E-state index contributed by atoms with van der Waals surface area (Å²) in [7, 11) is 0. The molecule has 2 rings (SSSR count). The van der Waals surface area contributed by atoms with Gasteiger partial charge in [0.2, 0.25) is 0 Å². The molecule has 0 unspecified atom stereocenters. The zero-order chi connectivity index (χ0) is 11.7. The van der Waals surface area contributed by atoms with Crippen LogP contribution >= 0.6 is 11.3 Å². The largest absolute Gasteiger partial charge is 0.293 e. The van der Waals surface area contributed by atoms with Crippen molar-refractivity contribution in [1.29, 1.82) is 0 Å². The van der Waals surface area contributed by atoms with E-state index < -0.39 is 0 Å². The summed E-state index contributed by atoms with van der Waals surface area (Å²) in [6.07, 6.45) is 0. The Hall–Kier alpha value is -1.48. The fraction of sp³-hybridized carbons (Fsp3) is 0.231. The second kappa shape index (κ2) is 4.18. The van der Waals surface area contributed by atoms with Gasteiger partial charge in [-0.25, -0.2) is 4.98 Å². The second-order valence-corrected chi connectivity index (χ2v) is 4.76. The number of ketones is 1. The zero-order valence-corrected chi connectivity index (χ0v) is 10.4. The summed E-state index contributed by atoms with van der Waals surface area (Å²) in [4.78, 5) is 16.5. The summed E-state index contributed by atoms with van der Waals surface area (Å²) < 4.78 is 0. The molecule has 0 aliphatic rings. The lowest BCUT2D eigenvalue weighted by Gasteiger charge is -2.05. The highest BCUT2D eigenvalue weighted by molar-refractivity contribution is 7.13. The normalized spacial score (nSPS) is 10.4. The molecule has 82 valence electrons. The quantitative estimate of drug-likeness (QED) is 0.739. The standard InChI is InChI=1S/C13H13NOS/c1-8-4-5-11(9(2)6-8)13-12(10(3)15)14-7-16-13/h4-7H,1-3H3. The van der Waals surface area contributed by atoms with Crippen molar-refractivity contribution in [1.82, 2.24) is 4.98 Å². The predicted octanol–water partition coefficient (Wildman–Crippen LogP) is 3.63. The Morgan fingerprint density at radius 3 is 2.69 bits per heavy atom. The first-order valence-corrected chi connectivity index (χ1v) is 5.99. The molecule has 0 amide bonds. The Kier molecular flexibility index (Phi) is 2.88. The Morgan fingerprint density at radius 1 is 1.31 bits per heavy atom. The van der Waals surface area contributed by atoms with E-state index in [0.29, 0.717) is 5.69 Å². The highest BCUT2D eigenvalue weighted by atomic mass is 32.1. The van der Waals surface area contributed by atoms with Crippen molar-refractivity contribution in [3.05, 3.63) is 40.5 Å². The van der Waals surface area contributed by atoms with Crippen LogP contribution in [0.2, 0.25) is 0 Å². The number of carbonyl (C=O) groups excluding carboxylic acids is 1. The van der Waals surface area contributed by atoms with E-state index in [1.807, 2.05) is 0 Å². The number of aryl methyl sites for hydroxylation is 2. The summed E-state index contributed by atoms with van der Waals surface area (Å²) in [6.45, 7) is 5.68. The highest BCUT2D eigenvalue weighted by Crippen LogP contribution is 2.30. The molecule has 1 aromatic carbocycles. The van der Waals surface area contributed by atoms with Gasteiger partial charge in [-0.2, -0.15) is 0 Å². The van der Waals surface area contributed by atoms with Gasteiger partial charge in [-0.3, -0.25) is 4.79 Å². The van der Waals surface area contributed by atoms with Gasteiger partial charge in [0.25, 0.3) is 0 Å². The molecule has 2 nitrogen and oxygen atoms in total. The van der Waals surface area contributed by atoms with E-state index in [1.165, 1.54) is 22.5 Å². The predicted molar refractivity (Wildman–Crippen MR) is 67.0 cm³/mol. The van der Waals surface area contributed by atoms with E-state index in [9.17, 15) is 4.79 Å².